The van der Waals surface area contributed by atoms with E-state index >= 15 is 0 Å². The van der Waals surface area contributed by atoms with Crippen LogP contribution >= 0.6 is 0 Å². The smallest absolute Gasteiger partial charge is 0.260 e. The Hall–Kier alpha value is -1.21. The Labute approximate surface area is 136 Å². The Morgan fingerprint density at radius 2 is 2.09 bits per heavy atom. The molecule has 5 nitrogen and oxygen atoms in total. The largest absolute Gasteiger partial charge is 0.353 e. The number of piperazine rings is 1. The van der Waals surface area contributed by atoms with Crippen LogP contribution in [0.15, 0.2) is 6.07 Å². The summed E-state index contributed by atoms with van der Waals surface area (Å²) in [7, 11) is 0. The first kappa shape index (κ1) is 16.6. The first-order chi connectivity index (χ1) is 11.1. The molecule has 3 heterocycles. The molecule has 2 aliphatic heterocycles. The monoisotopic (exact) mass is 327 g/mol. The Bertz CT molecular complexity index is 498. The molecule has 0 aliphatic carbocycles. The molecule has 2 aliphatic rings. The highest BCUT2D eigenvalue weighted by molar-refractivity contribution is 5.40. The standard InChI is InChI=1S/C16H27F2N5/c1-2-16(17,18)12-22-7-3-4-13(11-22)14-10-15(21-20-14)23-8-5-19-6-9-23/h10,13,19H,2-9,11-12H2,1H3,(H,20,21). The lowest BCUT2D eigenvalue weighted by Gasteiger charge is -2.34. The van der Waals surface area contributed by atoms with Crippen molar-refractivity contribution in [3.63, 3.8) is 0 Å². The van der Waals surface area contributed by atoms with Gasteiger partial charge in [-0.2, -0.15) is 5.10 Å². The SMILES string of the molecule is CCC(F)(F)CN1CCCC(c2cc(N3CCNCC3)n[nH]2)C1. The number of anilines is 1. The van der Waals surface area contributed by atoms with Gasteiger partial charge in [0.1, 0.15) is 0 Å². The van der Waals surface area contributed by atoms with Gasteiger partial charge in [-0.25, -0.2) is 8.78 Å². The molecule has 1 unspecified atom stereocenters. The van der Waals surface area contributed by atoms with Crippen molar-refractivity contribution >= 4 is 5.82 Å². The number of alkyl halides is 2. The van der Waals surface area contributed by atoms with E-state index in [0.717, 1.165) is 57.1 Å². The maximum Gasteiger partial charge on any atom is 0.260 e. The summed E-state index contributed by atoms with van der Waals surface area (Å²) >= 11 is 0. The van der Waals surface area contributed by atoms with Gasteiger partial charge in [-0.05, 0) is 19.4 Å². The van der Waals surface area contributed by atoms with Crippen molar-refractivity contribution < 1.29 is 8.78 Å². The van der Waals surface area contributed by atoms with Crippen LogP contribution in [0.5, 0.6) is 0 Å². The highest BCUT2D eigenvalue weighted by Gasteiger charge is 2.32. The van der Waals surface area contributed by atoms with Crippen LogP contribution in [0.3, 0.4) is 0 Å². The van der Waals surface area contributed by atoms with Crippen LogP contribution in [-0.2, 0) is 0 Å². The average Bonchev–Trinajstić information content (AvgIpc) is 3.06. The zero-order valence-electron chi connectivity index (χ0n) is 13.8. The number of piperidine rings is 1. The van der Waals surface area contributed by atoms with E-state index in [4.69, 9.17) is 0 Å². The molecular weight excluding hydrogens is 300 g/mol. The molecule has 1 aromatic rings. The molecule has 2 fully saturated rings. The van der Waals surface area contributed by atoms with E-state index in [1.807, 2.05) is 4.90 Å². The van der Waals surface area contributed by atoms with Crippen molar-refractivity contribution in [3.8, 4) is 0 Å². The number of H-pyrrole nitrogens is 1. The quantitative estimate of drug-likeness (QED) is 0.869. The Balaban J connectivity index is 1.61. The number of likely N-dealkylation sites (tertiary alicyclic amines) is 1. The van der Waals surface area contributed by atoms with E-state index in [1.165, 1.54) is 0 Å². The summed E-state index contributed by atoms with van der Waals surface area (Å²) in [4.78, 5) is 4.17. The zero-order valence-corrected chi connectivity index (χ0v) is 13.8. The maximum absolute atomic E-state index is 13.6. The third kappa shape index (κ3) is 4.20. The molecule has 130 valence electrons. The lowest BCUT2D eigenvalue weighted by Crippen LogP contribution is -2.43. The fourth-order valence-corrected chi connectivity index (χ4v) is 3.48. The van der Waals surface area contributed by atoms with E-state index in [9.17, 15) is 8.78 Å². The lowest BCUT2D eigenvalue weighted by atomic mass is 9.94. The van der Waals surface area contributed by atoms with Gasteiger partial charge in [-0.1, -0.05) is 6.92 Å². The van der Waals surface area contributed by atoms with Crippen molar-refractivity contribution in [2.75, 3.05) is 50.7 Å². The second kappa shape index (κ2) is 7.13. The minimum atomic E-state index is -2.58. The molecule has 0 radical (unpaired) electrons. The summed E-state index contributed by atoms with van der Waals surface area (Å²) in [5.41, 5.74) is 1.09. The van der Waals surface area contributed by atoms with Crippen LogP contribution < -0.4 is 10.2 Å². The summed E-state index contributed by atoms with van der Waals surface area (Å²) in [6.07, 6.45) is 1.91. The van der Waals surface area contributed by atoms with Crippen molar-refractivity contribution in [3.05, 3.63) is 11.8 Å². The van der Waals surface area contributed by atoms with Gasteiger partial charge < -0.3 is 10.2 Å². The van der Waals surface area contributed by atoms with Crippen LogP contribution in [0.25, 0.3) is 0 Å². The van der Waals surface area contributed by atoms with E-state index in [0.29, 0.717) is 6.54 Å². The van der Waals surface area contributed by atoms with Gasteiger partial charge >= 0.3 is 0 Å². The minimum Gasteiger partial charge on any atom is -0.353 e. The van der Waals surface area contributed by atoms with E-state index < -0.39 is 5.92 Å². The molecule has 7 heteroatoms. The summed E-state index contributed by atoms with van der Waals surface area (Å²) in [5, 5.41) is 10.9. The number of hydrogen-bond acceptors (Lipinski definition) is 4. The Morgan fingerprint density at radius 3 is 2.83 bits per heavy atom. The second-order valence-electron chi connectivity index (χ2n) is 6.70. The Morgan fingerprint density at radius 1 is 1.30 bits per heavy atom. The highest BCUT2D eigenvalue weighted by atomic mass is 19.3. The third-order valence-electron chi connectivity index (χ3n) is 4.94. The van der Waals surface area contributed by atoms with Gasteiger partial charge in [-0.3, -0.25) is 10.00 Å². The second-order valence-corrected chi connectivity index (χ2v) is 6.70. The number of nitrogens with one attached hydrogen (secondary N) is 2. The average molecular weight is 327 g/mol. The molecule has 0 bridgehead atoms. The molecule has 0 amide bonds. The number of aromatic amines is 1. The van der Waals surface area contributed by atoms with E-state index in [1.54, 1.807) is 6.92 Å². The predicted octanol–water partition coefficient (Wildman–Crippen LogP) is 2.04. The molecule has 2 N–H and O–H groups in total. The van der Waals surface area contributed by atoms with Gasteiger partial charge in [0.25, 0.3) is 5.92 Å². The summed E-state index contributed by atoms with van der Waals surface area (Å²) in [5.74, 6) is -1.32. The number of aromatic nitrogens is 2. The molecular formula is C16H27F2N5. The fraction of sp³-hybridized carbons (Fsp3) is 0.812. The molecule has 2 saturated heterocycles. The first-order valence-corrected chi connectivity index (χ1v) is 8.68. The Kier molecular flexibility index (Phi) is 5.16. The van der Waals surface area contributed by atoms with Crippen LogP contribution in [0.1, 0.15) is 37.8 Å². The molecule has 0 aromatic carbocycles. The molecule has 3 rings (SSSR count). The first-order valence-electron chi connectivity index (χ1n) is 8.68. The van der Waals surface area contributed by atoms with Crippen LogP contribution in [0.4, 0.5) is 14.6 Å². The predicted molar refractivity (Wildman–Crippen MR) is 87.3 cm³/mol. The zero-order chi connectivity index (χ0) is 16.3. The summed E-state index contributed by atoms with van der Waals surface area (Å²) in [6.45, 7) is 6.77. The number of nitrogens with zero attached hydrogens (tertiary/aromatic N) is 3. The topological polar surface area (TPSA) is 47.2 Å². The third-order valence-corrected chi connectivity index (χ3v) is 4.94. The molecule has 0 saturated carbocycles. The normalized spacial score (nSPS) is 24.1. The molecule has 1 atom stereocenters. The number of hydrogen-bond donors (Lipinski definition) is 2. The fourth-order valence-electron chi connectivity index (χ4n) is 3.48. The number of rotatable bonds is 5. The van der Waals surface area contributed by atoms with Gasteiger partial charge in [0.2, 0.25) is 0 Å². The molecule has 0 spiro atoms. The van der Waals surface area contributed by atoms with Crippen molar-refractivity contribution in [1.29, 1.82) is 0 Å². The van der Waals surface area contributed by atoms with Crippen LogP contribution in [0.2, 0.25) is 0 Å². The van der Waals surface area contributed by atoms with Gasteiger partial charge in [-0.15, -0.1) is 0 Å². The van der Waals surface area contributed by atoms with Gasteiger partial charge in [0.15, 0.2) is 5.82 Å². The minimum absolute atomic E-state index is 0.0919. The van der Waals surface area contributed by atoms with Gasteiger partial charge in [0, 0.05) is 56.8 Å². The molecule has 1 aromatic heterocycles. The van der Waals surface area contributed by atoms with Crippen LogP contribution in [0, 0.1) is 0 Å². The summed E-state index contributed by atoms with van der Waals surface area (Å²) in [6, 6.07) is 2.11. The number of halogens is 2. The highest BCUT2D eigenvalue weighted by Crippen LogP contribution is 2.30. The summed E-state index contributed by atoms with van der Waals surface area (Å²) < 4.78 is 27.3. The maximum atomic E-state index is 13.6. The lowest BCUT2D eigenvalue weighted by molar-refractivity contribution is -0.0405. The van der Waals surface area contributed by atoms with E-state index in [-0.39, 0.29) is 18.9 Å². The van der Waals surface area contributed by atoms with Crippen molar-refractivity contribution in [2.45, 2.75) is 38.0 Å². The molecule has 23 heavy (non-hydrogen) atoms. The van der Waals surface area contributed by atoms with Crippen LogP contribution in [-0.4, -0.2) is 66.8 Å². The van der Waals surface area contributed by atoms with Crippen molar-refractivity contribution in [1.82, 2.24) is 20.4 Å². The van der Waals surface area contributed by atoms with E-state index in [2.05, 4.69) is 26.5 Å². The van der Waals surface area contributed by atoms with Gasteiger partial charge in [0.05, 0.1) is 6.54 Å². The van der Waals surface area contributed by atoms with Crippen molar-refractivity contribution in [2.24, 2.45) is 0 Å².